The molecule has 2 aromatic rings. The minimum absolute atomic E-state index is 0.519. The molecule has 0 saturated heterocycles. The van der Waals surface area contributed by atoms with Crippen LogP contribution >= 0.6 is 23.2 Å². The minimum Gasteiger partial charge on any atom is -0.358 e. The van der Waals surface area contributed by atoms with Crippen LogP contribution in [0.25, 0.3) is 0 Å². The lowest BCUT2D eigenvalue weighted by molar-refractivity contribution is -0.395. The second-order valence-corrected chi connectivity index (χ2v) is 5.15. The third-order valence-electron chi connectivity index (χ3n) is 2.92. The molecule has 0 fully saturated rings. The first-order chi connectivity index (χ1) is 12.1. The van der Waals surface area contributed by atoms with Gasteiger partial charge in [-0.2, -0.15) is 0 Å². The topological polar surface area (TPSA) is 208 Å². The van der Waals surface area contributed by atoms with Gasteiger partial charge in [0.2, 0.25) is 10.0 Å². The molecule has 0 aliphatic rings. The van der Waals surface area contributed by atoms with E-state index in [1.54, 1.807) is 0 Å². The highest BCUT2D eigenvalue weighted by Gasteiger charge is 2.39. The molecule has 2 rings (SSSR count). The van der Waals surface area contributed by atoms with E-state index in [-0.39, 0.29) is 0 Å². The zero-order chi connectivity index (χ0) is 19.8. The van der Waals surface area contributed by atoms with E-state index in [0.29, 0.717) is 9.36 Å². The van der Waals surface area contributed by atoms with Crippen LogP contribution in [0.1, 0.15) is 0 Å². The number of halogens is 2. The summed E-state index contributed by atoms with van der Waals surface area (Å²) in [4.78, 5) is 39.4. The summed E-state index contributed by atoms with van der Waals surface area (Å²) in [7, 11) is 0. The highest BCUT2D eigenvalue weighted by Crippen LogP contribution is 2.35. The third-order valence-corrected chi connectivity index (χ3v) is 3.60. The molecule has 0 aliphatic heterocycles. The number of hydrogen-bond donors (Lipinski definition) is 0. The Hall–Kier alpha value is -3.40. The molecule has 0 amide bonds. The molecule has 0 spiro atoms. The van der Waals surface area contributed by atoms with Gasteiger partial charge in [-0.3, -0.25) is 0 Å². The van der Waals surface area contributed by atoms with Gasteiger partial charge in [0.05, 0.1) is 0 Å². The number of rotatable bonds is 7. The van der Waals surface area contributed by atoms with Crippen molar-refractivity contribution < 1.29 is 19.7 Å². The van der Waals surface area contributed by atoms with Gasteiger partial charge in [0.1, 0.15) is 0 Å². The number of nitrogens with zero attached hydrogens (tertiary/aromatic N) is 8. The molecule has 0 aromatic carbocycles. The van der Waals surface area contributed by atoms with Crippen LogP contribution in [0.3, 0.4) is 0 Å². The van der Waals surface area contributed by atoms with Crippen LogP contribution in [-0.2, 0) is 13.1 Å². The summed E-state index contributed by atoms with van der Waals surface area (Å²) in [6.45, 7) is -1.08. The van der Waals surface area contributed by atoms with E-state index in [1.165, 1.54) is 0 Å². The molecule has 0 bridgehead atoms. The van der Waals surface area contributed by atoms with Crippen molar-refractivity contribution in [3.63, 3.8) is 0 Å². The van der Waals surface area contributed by atoms with Gasteiger partial charge >= 0.3 is 23.3 Å². The predicted octanol–water partition coefficient (Wildman–Crippen LogP) is 1.72. The minimum atomic E-state index is -1.05. The van der Waals surface area contributed by atoms with E-state index in [4.69, 9.17) is 23.2 Å². The Morgan fingerprint density at radius 3 is 1.23 bits per heavy atom. The molecule has 18 heteroatoms. The van der Waals surface area contributed by atoms with Crippen LogP contribution in [0.15, 0.2) is 0 Å². The Kier molecular flexibility index (Phi) is 4.98. The molecule has 0 unspecified atom stereocenters. The van der Waals surface area contributed by atoms with Crippen molar-refractivity contribution >= 4 is 46.5 Å². The van der Waals surface area contributed by atoms with Gasteiger partial charge in [0, 0.05) is 0 Å². The Balaban J connectivity index is 2.44. The zero-order valence-corrected chi connectivity index (χ0v) is 13.5. The molecular weight excluding hydrogens is 407 g/mol. The van der Waals surface area contributed by atoms with Gasteiger partial charge in [-0.05, 0) is 29.1 Å². The maximum Gasteiger partial charge on any atom is 0.439 e. The summed E-state index contributed by atoms with van der Waals surface area (Å²) >= 11 is 11.1. The lowest BCUT2D eigenvalue weighted by Crippen LogP contribution is -2.13. The lowest BCUT2D eigenvalue weighted by Gasteiger charge is -1.95. The van der Waals surface area contributed by atoms with Crippen LogP contribution in [0.4, 0.5) is 23.3 Å². The highest BCUT2D eigenvalue weighted by atomic mass is 35.5. The first kappa shape index (κ1) is 18.9. The summed E-state index contributed by atoms with van der Waals surface area (Å²) in [5.41, 5.74) is 0. The predicted molar refractivity (Wildman–Crippen MR) is 81.1 cm³/mol. The van der Waals surface area contributed by atoms with Crippen molar-refractivity contribution in [2.75, 3.05) is 0 Å². The van der Waals surface area contributed by atoms with E-state index >= 15 is 0 Å². The van der Waals surface area contributed by atoms with Crippen molar-refractivity contribution in [1.82, 2.24) is 19.6 Å². The SMILES string of the molecule is O=[N+]([O-])c1nn(CCn2nc([N+](=O)[O-])c(Cl)c2[N+](=O)[O-])c([N+](=O)[O-])c1Cl. The van der Waals surface area contributed by atoms with Gasteiger partial charge in [-0.1, -0.05) is 23.2 Å². The maximum atomic E-state index is 11.0. The van der Waals surface area contributed by atoms with Crippen molar-refractivity contribution in [2.45, 2.75) is 13.1 Å². The summed E-state index contributed by atoms with van der Waals surface area (Å²) < 4.78 is 1.04. The maximum absolute atomic E-state index is 11.0. The molecule has 138 valence electrons. The van der Waals surface area contributed by atoms with Gasteiger partial charge < -0.3 is 40.5 Å². The number of hydrogen-bond acceptors (Lipinski definition) is 10. The molecule has 0 atom stereocenters. The van der Waals surface area contributed by atoms with Gasteiger partial charge in [0.25, 0.3) is 0 Å². The van der Waals surface area contributed by atoms with Crippen molar-refractivity contribution in [3.05, 3.63) is 50.5 Å². The van der Waals surface area contributed by atoms with E-state index in [0.717, 1.165) is 0 Å². The van der Waals surface area contributed by atoms with Crippen LogP contribution in [0.2, 0.25) is 10.0 Å². The highest BCUT2D eigenvalue weighted by molar-refractivity contribution is 6.34. The Bertz CT molecular complexity index is 874. The quantitative estimate of drug-likeness (QED) is 0.475. The molecule has 2 heterocycles. The first-order valence-electron chi connectivity index (χ1n) is 6.16. The summed E-state index contributed by atoms with van der Waals surface area (Å²) in [6, 6.07) is 0. The van der Waals surface area contributed by atoms with Crippen LogP contribution in [0, 0.1) is 40.5 Å². The number of nitro groups is 4. The average molecular weight is 411 g/mol. The van der Waals surface area contributed by atoms with Crippen LogP contribution in [-0.4, -0.2) is 39.3 Å². The van der Waals surface area contributed by atoms with Gasteiger partial charge in [-0.25, -0.2) is 0 Å². The second kappa shape index (κ2) is 6.84. The average Bonchev–Trinajstić information content (AvgIpc) is 3.02. The molecule has 0 aliphatic carbocycles. The van der Waals surface area contributed by atoms with Gasteiger partial charge in [-0.15, -0.1) is 0 Å². The molecule has 16 nitrogen and oxygen atoms in total. The number of aryl methyl sites for hydroxylation is 2. The van der Waals surface area contributed by atoms with E-state index in [2.05, 4.69) is 10.2 Å². The molecular formula is C8H4Cl2N8O8. The molecule has 26 heavy (non-hydrogen) atoms. The molecule has 0 radical (unpaired) electrons. The van der Waals surface area contributed by atoms with Crippen molar-refractivity contribution in [3.8, 4) is 0 Å². The fraction of sp³-hybridized carbons (Fsp3) is 0.250. The van der Waals surface area contributed by atoms with Crippen molar-refractivity contribution in [1.29, 1.82) is 0 Å². The fourth-order valence-corrected chi connectivity index (χ4v) is 2.47. The third kappa shape index (κ3) is 3.22. The summed E-state index contributed by atoms with van der Waals surface area (Å²) in [6.07, 6.45) is 0. The van der Waals surface area contributed by atoms with Crippen LogP contribution in [0.5, 0.6) is 0 Å². The van der Waals surface area contributed by atoms with Gasteiger partial charge in [0.15, 0.2) is 23.3 Å². The monoisotopic (exact) mass is 410 g/mol. The molecule has 2 aromatic heterocycles. The molecule has 0 saturated carbocycles. The Morgan fingerprint density at radius 1 is 0.692 bits per heavy atom. The van der Waals surface area contributed by atoms with Crippen LogP contribution < -0.4 is 0 Å². The normalized spacial score (nSPS) is 10.7. The smallest absolute Gasteiger partial charge is 0.358 e. The Labute approximate surface area is 150 Å². The second-order valence-electron chi connectivity index (χ2n) is 4.40. The van der Waals surface area contributed by atoms with E-state index in [9.17, 15) is 40.5 Å². The summed E-state index contributed by atoms with van der Waals surface area (Å²) in [5, 5.41) is 48.6. The fourth-order valence-electron chi connectivity index (χ4n) is 1.92. The number of aromatic nitrogens is 4. The Morgan fingerprint density at radius 2 is 1.00 bits per heavy atom. The first-order valence-corrected chi connectivity index (χ1v) is 6.92. The zero-order valence-electron chi connectivity index (χ0n) is 12.0. The van der Waals surface area contributed by atoms with Crippen molar-refractivity contribution in [2.24, 2.45) is 0 Å². The van der Waals surface area contributed by atoms with E-state index in [1.807, 2.05) is 0 Å². The standard InChI is InChI=1S/C8H4Cl2N8O8/c9-3-5(15(19)20)11-13(7(3)17(23)24)1-2-14-8(18(25)26)4(10)6(12-14)16(21)22/h1-2H2. The molecule has 0 N–H and O–H groups in total. The van der Waals surface area contributed by atoms with E-state index < -0.39 is 66.1 Å². The summed E-state index contributed by atoms with van der Waals surface area (Å²) in [5.74, 6) is -3.82. The largest absolute Gasteiger partial charge is 0.439 e. The lowest BCUT2D eigenvalue weighted by atomic mass is 10.5.